The molecule has 4 heteroatoms. The van der Waals surface area contributed by atoms with E-state index in [-0.39, 0.29) is 0 Å². The molecule has 1 saturated carbocycles. The largest absolute Gasteiger partial charge is 0.300 e. The topological polar surface area (TPSA) is 27.0 Å². The summed E-state index contributed by atoms with van der Waals surface area (Å²) in [6.07, 6.45) is 4.86. The van der Waals surface area contributed by atoms with Crippen molar-refractivity contribution in [3.05, 3.63) is 44.8 Å². The molecule has 2 aromatic rings. The summed E-state index contributed by atoms with van der Waals surface area (Å²) in [5, 5.41) is 14.5. The Labute approximate surface area is 152 Å². The number of piperidine rings is 1. The zero-order valence-corrected chi connectivity index (χ0v) is 15.9. The number of likely N-dealkylation sites (tertiary alicyclic amines) is 1. The number of hydrogen-bond acceptors (Lipinski definition) is 4. The highest BCUT2D eigenvalue weighted by Gasteiger charge is 2.47. The maximum atomic E-state index is 10.3. The van der Waals surface area contributed by atoms with E-state index in [0.29, 0.717) is 12.1 Å². The Kier molecular flexibility index (Phi) is 4.28. The molecule has 0 amide bonds. The van der Waals surface area contributed by atoms with Gasteiger partial charge in [-0.15, -0.1) is 22.7 Å². The van der Waals surface area contributed by atoms with Gasteiger partial charge >= 0.3 is 0 Å². The lowest BCUT2D eigenvalue weighted by Gasteiger charge is -2.44. The van der Waals surface area contributed by atoms with E-state index in [9.17, 15) is 5.26 Å². The molecule has 3 heterocycles. The van der Waals surface area contributed by atoms with Crippen molar-refractivity contribution in [1.29, 1.82) is 5.26 Å². The fourth-order valence-corrected chi connectivity index (χ4v) is 6.89. The third kappa shape index (κ3) is 2.45. The Bertz CT molecular complexity index is 679. The molecule has 2 bridgehead atoms. The average molecular weight is 357 g/mol. The van der Waals surface area contributed by atoms with Crippen LogP contribution in [-0.4, -0.2) is 24.0 Å². The van der Waals surface area contributed by atoms with Crippen molar-refractivity contribution < 1.29 is 0 Å². The first-order valence-electron chi connectivity index (χ1n) is 8.87. The fraction of sp³-hybridized carbons (Fsp3) is 0.550. The minimum atomic E-state index is -0.485. The van der Waals surface area contributed by atoms with Crippen LogP contribution in [-0.2, 0) is 5.41 Å². The highest BCUT2D eigenvalue weighted by atomic mass is 32.1. The van der Waals surface area contributed by atoms with Crippen LogP contribution in [0.3, 0.4) is 0 Å². The molecule has 24 heavy (non-hydrogen) atoms. The zero-order valence-electron chi connectivity index (χ0n) is 14.3. The van der Waals surface area contributed by atoms with Gasteiger partial charge in [-0.2, -0.15) is 5.26 Å². The number of nitrogens with zero attached hydrogens (tertiary/aromatic N) is 2. The molecule has 2 nitrogen and oxygen atoms in total. The lowest BCUT2D eigenvalue weighted by atomic mass is 9.74. The van der Waals surface area contributed by atoms with E-state index >= 15 is 0 Å². The SMILES string of the molecule is CC1C2CCC1N(C)C(CC(C#N)(c1cccs1)c1cccs1)C2. The van der Waals surface area contributed by atoms with Crippen LogP contribution in [0.1, 0.15) is 42.4 Å². The second kappa shape index (κ2) is 6.29. The van der Waals surface area contributed by atoms with Gasteiger partial charge in [0, 0.05) is 21.8 Å². The number of nitriles is 1. The lowest BCUT2D eigenvalue weighted by molar-refractivity contribution is 0.0621. The highest BCUT2D eigenvalue weighted by molar-refractivity contribution is 7.11. The van der Waals surface area contributed by atoms with Gasteiger partial charge in [0.05, 0.1) is 6.07 Å². The summed E-state index contributed by atoms with van der Waals surface area (Å²) < 4.78 is 0. The molecule has 2 aromatic heterocycles. The minimum absolute atomic E-state index is 0.485. The highest BCUT2D eigenvalue weighted by Crippen LogP contribution is 2.48. The summed E-state index contributed by atoms with van der Waals surface area (Å²) >= 11 is 3.45. The number of rotatable bonds is 4. The maximum Gasteiger partial charge on any atom is 0.127 e. The summed E-state index contributed by atoms with van der Waals surface area (Å²) in [7, 11) is 2.29. The van der Waals surface area contributed by atoms with Gasteiger partial charge in [-0.3, -0.25) is 0 Å². The van der Waals surface area contributed by atoms with Crippen LogP contribution in [0.5, 0.6) is 0 Å². The van der Waals surface area contributed by atoms with Crippen molar-refractivity contribution in [2.45, 2.75) is 50.1 Å². The average Bonchev–Trinajstić information content (AvgIpc) is 3.32. The second-order valence-electron chi connectivity index (χ2n) is 7.49. The van der Waals surface area contributed by atoms with Gasteiger partial charge in [-0.25, -0.2) is 0 Å². The molecule has 4 atom stereocenters. The van der Waals surface area contributed by atoms with Crippen LogP contribution >= 0.6 is 22.7 Å². The van der Waals surface area contributed by atoms with Gasteiger partial charge in [0.2, 0.25) is 0 Å². The molecule has 0 spiro atoms. The minimum Gasteiger partial charge on any atom is -0.300 e. The third-order valence-corrected chi connectivity index (χ3v) is 8.54. The van der Waals surface area contributed by atoms with Crippen molar-refractivity contribution in [1.82, 2.24) is 4.90 Å². The van der Waals surface area contributed by atoms with Crippen LogP contribution in [0.4, 0.5) is 0 Å². The monoisotopic (exact) mass is 356 g/mol. The van der Waals surface area contributed by atoms with Crippen LogP contribution in [0.25, 0.3) is 0 Å². The van der Waals surface area contributed by atoms with Gasteiger partial charge in [0.25, 0.3) is 0 Å². The van der Waals surface area contributed by atoms with Gasteiger partial charge in [-0.05, 0) is 67.5 Å². The van der Waals surface area contributed by atoms with Crippen molar-refractivity contribution in [3.63, 3.8) is 0 Å². The number of thiophene rings is 2. The van der Waals surface area contributed by atoms with E-state index in [2.05, 4.69) is 60.0 Å². The molecule has 1 aliphatic carbocycles. The summed E-state index contributed by atoms with van der Waals surface area (Å²) in [6.45, 7) is 2.42. The molecule has 4 unspecified atom stereocenters. The first-order chi connectivity index (χ1) is 11.7. The molecule has 0 N–H and O–H groups in total. The Hall–Kier alpha value is -1.15. The molecular formula is C20H24N2S2. The van der Waals surface area contributed by atoms with Crippen molar-refractivity contribution >= 4 is 22.7 Å². The normalized spacial score (nSPS) is 30.4. The van der Waals surface area contributed by atoms with E-state index in [0.717, 1.165) is 18.3 Å². The Morgan fingerprint density at radius 3 is 2.42 bits per heavy atom. The Morgan fingerprint density at radius 2 is 1.88 bits per heavy atom. The maximum absolute atomic E-state index is 10.3. The first kappa shape index (κ1) is 16.3. The molecule has 2 fully saturated rings. The van der Waals surface area contributed by atoms with Crippen LogP contribution < -0.4 is 0 Å². The zero-order chi connectivity index (χ0) is 16.7. The van der Waals surface area contributed by atoms with E-state index in [1.165, 1.54) is 29.0 Å². The van der Waals surface area contributed by atoms with E-state index in [1.54, 1.807) is 22.7 Å². The van der Waals surface area contributed by atoms with Crippen LogP contribution in [0.15, 0.2) is 35.0 Å². The second-order valence-corrected chi connectivity index (χ2v) is 9.39. The molecule has 1 aliphatic heterocycles. The molecule has 1 saturated heterocycles. The molecule has 2 aliphatic rings. The van der Waals surface area contributed by atoms with Gasteiger partial charge in [0.15, 0.2) is 0 Å². The predicted molar refractivity (Wildman–Crippen MR) is 101 cm³/mol. The Morgan fingerprint density at radius 1 is 1.21 bits per heavy atom. The quantitative estimate of drug-likeness (QED) is 0.759. The van der Waals surface area contributed by atoms with Crippen molar-refractivity contribution in [2.75, 3.05) is 7.05 Å². The molecular weight excluding hydrogens is 332 g/mol. The van der Waals surface area contributed by atoms with E-state index < -0.39 is 5.41 Å². The number of hydrogen-bond donors (Lipinski definition) is 0. The van der Waals surface area contributed by atoms with Crippen molar-refractivity contribution in [2.24, 2.45) is 11.8 Å². The van der Waals surface area contributed by atoms with Gasteiger partial charge < -0.3 is 4.90 Å². The van der Waals surface area contributed by atoms with Crippen molar-refractivity contribution in [3.8, 4) is 6.07 Å². The standard InChI is InChI=1S/C20H24N2S2/c1-14-15-7-8-17(14)22(2)16(11-15)12-20(13-21,18-5-3-9-23-18)19-6-4-10-24-19/h3-6,9-10,14-17H,7-8,11-12H2,1-2H3. The van der Waals surface area contributed by atoms with Gasteiger partial charge in [-0.1, -0.05) is 19.1 Å². The smallest absolute Gasteiger partial charge is 0.127 e. The molecule has 0 aromatic carbocycles. The number of fused-ring (bicyclic) bond motifs is 2. The first-order valence-corrected chi connectivity index (χ1v) is 10.6. The van der Waals surface area contributed by atoms with E-state index in [4.69, 9.17) is 0 Å². The van der Waals surface area contributed by atoms with Gasteiger partial charge in [0.1, 0.15) is 5.41 Å². The van der Waals surface area contributed by atoms with Crippen LogP contribution in [0, 0.1) is 23.2 Å². The molecule has 126 valence electrons. The molecule has 0 radical (unpaired) electrons. The van der Waals surface area contributed by atoms with E-state index in [1.807, 2.05) is 0 Å². The summed E-state index contributed by atoms with van der Waals surface area (Å²) in [5.41, 5.74) is -0.485. The lowest BCUT2D eigenvalue weighted by Crippen LogP contribution is -2.49. The summed E-state index contributed by atoms with van der Waals surface area (Å²) in [6, 6.07) is 12.4. The summed E-state index contributed by atoms with van der Waals surface area (Å²) in [4.78, 5) is 5.00. The fourth-order valence-electron chi connectivity index (χ4n) is 5.02. The summed E-state index contributed by atoms with van der Waals surface area (Å²) in [5.74, 6) is 1.66. The molecule has 4 rings (SSSR count). The Balaban J connectivity index is 1.70. The van der Waals surface area contributed by atoms with Crippen LogP contribution in [0.2, 0.25) is 0 Å². The third-order valence-electron chi connectivity index (χ3n) is 6.47. The predicted octanol–water partition coefficient (Wildman–Crippen LogP) is 5.13.